The molecule has 6 heteroatoms. The first-order valence-electron chi connectivity index (χ1n) is 9.45. The number of benzene rings is 2. The zero-order valence-corrected chi connectivity index (χ0v) is 16.2. The Morgan fingerprint density at radius 3 is 2.68 bits per heavy atom. The Labute approximate surface area is 169 Å². The molecule has 4 rings (SSSR count). The number of nitrogens with one attached hydrogen (secondary N) is 1. The molecule has 2 aromatic carbocycles. The summed E-state index contributed by atoms with van der Waals surface area (Å²) in [5.74, 6) is 0.170. The fraction of sp³-hybridized carbons (Fsp3) is 0.273. The van der Waals surface area contributed by atoms with Gasteiger partial charge in [-0.2, -0.15) is 0 Å². The topological polar surface area (TPSA) is 65.5 Å². The van der Waals surface area contributed by atoms with Crippen LogP contribution in [0.25, 0.3) is 10.9 Å². The molecule has 0 spiro atoms. The van der Waals surface area contributed by atoms with E-state index in [2.05, 4.69) is 15.2 Å². The molecule has 0 saturated carbocycles. The molecule has 0 atom stereocenters. The molecule has 5 nitrogen and oxygen atoms in total. The van der Waals surface area contributed by atoms with Crippen molar-refractivity contribution in [3.05, 3.63) is 70.9 Å². The Hall–Kier alpha value is -2.63. The van der Waals surface area contributed by atoms with Crippen LogP contribution in [-0.4, -0.2) is 40.0 Å². The molecule has 1 saturated heterocycles. The van der Waals surface area contributed by atoms with Crippen LogP contribution in [-0.2, 0) is 6.54 Å². The van der Waals surface area contributed by atoms with E-state index in [0.717, 1.165) is 36.9 Å². The Morgan fingerprint density at radius 1 is 1.18 bits per heavy atom. The number of amides is 1. The van der Waals surface area contributed by atoms with Crippen molar-refractivity contribution in [1.82, 2.24) is 15.2 Å². The molecule has 0 aliphatic carbocycles. The van der Waals surface area contributed by atoms with Crippen molar-refractivity contribution in [2.24, 2.45) is 0 Å². The minimum Gasteiger partial charge on any atom is -0.505 e. The Morgan fingerprint density at radius 2 is 1.93 bits per heavy atom. The van der Waals surface area contributed by atoms with Gasteiger partial charge in [0, 0.05) is 48.4 Å². The van der Waals surface area contributed by atoms with E-state index >= 15 is 0 Å². The summed E-state index contributed by atoms with van der Waals surface area (Å²) >= 11 is 6.37. The highest BCUT2D eigenvalue weighted by Gasteiger charge is 2.22. The van der Waals surface area contributed by atoms with E-state index in [4.69, 9.17) is 11.6 Å². The lowest BCUT2D eigenvalue weighted by Gasteiger charge is -2.32. The second-order valence-electron chi connectivity index (χ2n) is 7.16. The van der Waals surface area contributed by atoms with E-state index < -0.39 is 0 Å². The SMILES string of the molecule is O=C(NC1CCN(Cc2cc(Cl)c3cccnc3c2O)CC1)c1ccccc1. The van der Waals surface area contributed by atoms with Gasteiger partial charge in [-0.15, -0.1) is 0 Å². The number of aromatic nitrogens is 1. The molecule has 0 unspecified atom stereocenters. The smallest absolute Gasteiger partial charge is 0.251 e. The van der Waals surface area contributed by atoms with Crippen molar-refractivity contribution >= 4 is 28.4 Å². The number of piperidine rings is 1. The van der Waals surface area contributed by atoms with E-state index in [1.165, 1.54) is 0 Å². The Kier molecular flexibility index (Phi) is 5.46. The molecule has 2 heterocycles. The summed E-state index contributed by atoms with van der Waals surface area (Å²) in [6, 6.07) is 14.9. The average molecular weight is 396 g/mol. The lowest BCUT2D eigenvalue weighted by Crippen LogP contribution is -2.44. The van der Waals surface area contributed by atoms with Crippen molar-refractivity contribution in [2.45, 2.75) is 25.4 Å². The van der Waals surface area contributed by atoms with Crippen LogP contribution in [0.15, 0.2) is 54.7 Å². The zero-order valence-electron chi connectivity index (χ0n) is 15.4. The molecular formula is C22H22ClN3O2. The van der Waals surface area contributed by atoms with Crippen molar-refractivity contribution in [3.8, 4) is 5.75 Å². The number of phenols is 1. The largest absolute Gasteiger partial charge is 0.505 e. The number of aromatic hydroxyl groups is 1. The van der Waals surface area contributed by atoms with E-state index in [1.54, 1.807) is 6.20 Å². The zero-order chi connectivity index (χ0) is 19.5. The molecule has 3 aromatic rings. The number of pyridine rings is 1. The van der Waals surface area contributed by atoms with E-state index in [-0.39, 0.29) is 17.7 Å². The third-order valence-electron chi connectivity index (χ3n) is 5.25. The fourth-order valence-electron chi connectivity index (χ4n) is 3.69. The second kappa shape index (κ2) is 8.17. The van der Waals surface area contributed by atoms with Gasteiger partial charge in [0.25, 0.3) is 5.91 Å². The second-order valence-corrected chi connectivity index (χ2v) is 7.56. The van der Waals surface area contributed by atoms with Crippen molar-refractivity contribution in [1.29, 1.82) is 0 Å². The summed E-state index contributed by atoms with van der Waals surface area (Å²) in [5.41, 5.74) is 2.01. The summed E-state index contributed by atoms with van der Waals surface area (Å²) in [7, 11) is 0. The molecule has 1 aliphatic heterocycles. The predicted molar refractivity (Wildman–Crippen MR) is 111 cm³/mol. The van der Waals surface area contributed by atoms with Gasteiger partial charge in [-0.05, 0) is 43.2 Å². The number of nitrogens with zero attached hydrogens (tertiary/aromatic N) is 2. The summed E-state index contributed by atoms with van der Waals surface area (Å²) < 4.78 is 0. The number of fused-ring (bicyclic) bond motifs is 1. The number of carbonyl (C=O) groups is 1. The number of halogens is 1. The summed E-state index contributed by atoms with van der Waals surface area (Å²) in [5, 5.41) is 15.1. The van der Waals surface area contributed by atoms with E-state index in [9.17, 15) is 9.90 Å². The molecule has 2 N–H and O–H groups in total. The maximum atomic E-state index is 12.3. The summed E-state index contributed by atoms with van der Waals surface area (Å²) in [6.45, 7) is 2.30. The van der Waals surface area contributed by atoms with Gasteiger partial charge in [0.1, 0.15) is 11.3 Å². The van der Waals surface area contributed by atoms with Gasteiger partial charge in [0.05, 0.1) is 5.02 Å². The van der Waals surface area contributed by atoms with Crippen LogP contribution >= 0.6 is 11.6 Å². The van der Waals surface area contributed by atoms with Crippen LogP contribution in [0.1, 0.15) is 28.8 Å². The first-order valence-corrected chi connectivity index (χ1v) is 9.83. The van der Waals surface area contributed by atoms with Crippen LogP contribution < -0.4 is 5.32 Å². The van der Waals surface area contributed by atoms with Gasteiger partial charge >= 0.3 is 0 Å². The van der Waals surface area contributed by atoms with Gasteiger partial charge < -0.3 is 10.4 Å². The number of hydrogen-bond acceptors (Lipinski definition) is 4. The molecule has 1 aromatic heterocycles. The van der Waals surface area contributed by atoms with Gasteiger partial charge in [0.2, 0.25) is 0 Å². The number of hydrogen-bond donors (Lipinski definition) is 2. The standard InChI is InChI=1S/C22H22ClN3O2/c23-19-13-16(21(27)20-18(19)7-4-10-24-20)14-26-11-8-17(9-12-26)25-22(28)15-5-2-1-3-6-15/h1-7,10,13,17,27H,8-9,11-12,14H2,(H,25,28). The van der Waals surface area contributed by atoms with Crippen LogP contribution in [0.5, 0.6) is 5.75 Å². The number of rotatable bonds is 4. The van der Waals surface area contributed by atoms with Crippen LogP contribution in [0.4, 0.5) is 0 Å². The number of carbonyl (C=O) groups excluding carboxylic acids is 1. The Bertz CT molecular complexity index is 986. The van der Waals surface area contributed by atoms with Crippen LogP contribution in [0.3, 0.4) is 0 Å². The van der Waals surface area contributed by atoms with Crippen LogP contribution in [0.2, 0.25) is 5.02 Å². The minimum atomic E-state index is -0.0240. The molecule has 0 radical (unpaired) electrons. The van der Waals surface area contributed by atoms with Gasteiger partial charge in [-0.25, -0.2) is 0 Å². The van der Waals surface area contributed by atoms with Crippen molar-refractivity contribution < 1.29 is 9.90 Å². The quantitative estimate of drug-likeness (QED) is 0.701. The van der Waals surface area contributed by atoms with E-state index in [1.807, 2.05) is 48.5 Å². The van der Waals surface area contributed by atoms with E-state index in [0.29, 0.717) is 22.6 Å². The normalized spacial score (nSPS) is 15.6. The molecule has 1 amide bonds. The number of likely N-dealkylation sites (tertiary alicyclic amines) is 1. The Balaban J connectivity index is 1.38. The summed E-state index contributed by atoms with van der Waals surface area (Å²) in [4.78, 5) is 18.9. The van der Waals surface area contributed by atoms with Gasteiger partial charge in [-0.3, -0.25) is 14.7 Å². The lowest BCUT2D eigenvalue weighted by molar-refractivity contribution is 0.0909. The highest BCUT2D eigenvalue weighted by Crippen LogP contribution is 2.33. The fourth-order valence-corrected chi connectivity index (χ4v) is 3.98. The molecule has 144 valence electrons. The first-order chi connectivity index (χ1) is 13.6. The van der Waals surface area contributed by atoms with Gasteiger partial charge in [0.15, 0.2) is 0 Å². The third kappa shape index (κ3) is 3.96. The first kappa shape index (κ1) is 18.7. The molecule has 1 aliphatic rings. The van der Waals surface area contributed by atoms with Crippen molar-refractivity contribution in [2.75, 3.05) is 13.1 Å². The molecule has 1 fully saturated rings. The molecule has 0 bridgehead atoms. The highest BCUT2D eigenvalue weighted by atomic mass is 35.5. The lowest BCUT2D eigenvalue weighted by atomic mass is 10.0. The maximum absolute atomic E-state index is 12.3. The maximum Gasteiger partial charge on any atom is 0.251 e. The van der Waals surface area contributed by atoms with Crippen molar-refractivity contribution in [3.63, 3.8) is 0 Å². The minimum absolute atomic E-state index is 0.0240. The third-order valence-corrected chi connectivity index (χ3v) is 5.56. The predicted octanol–water partition coefficient (Wildman–Crippen LogP) is 3.99. The number of phenolic OH excluding ortho intramolecular Hbond substituents is 1. The molecular weight excluding hydrogens is 374 g/mol. The summed E-state index contributed by atoms with van der Waals surface area (Å²) in [6.07, 6.45) is 3.40. The van der Waals surface area contributed by atoms with Crippen LogP contribution in [0, 0.1) is 0 Å². The average Bonchev–Trinajstić information content (AvgIpc) is 2.74. The highest BCUT2D eigenvalue weighted by molar-refractivity contribution is 6.35. The van der Waals surface area contributed by atoms with Gasteiger partial charge in [-0.1, -0.05) is 29.8 Å². The monoisotopic (exact) mass is 395 g/mol. The molecule has 28 heavy (non-hydrogen) atoms.